The Bertz CT molecular complexity index is 83.3. The molecule has 2 atom stereocenters. The van der Waals surface area contributed by atoms with Crippen molar-refractivity contribution >= 4 is 0 Å². The number of hydrogen-bond acceptors (Lipinski definition) is 1. The maximum absolute atomic E-state index is 12.8. The number of halogens is 1. The van der Waals surface area contributed by atoms with Crippen molar-refractivity contribution in [3.05, 3.63) is 0 Å². The molecule has 1 N–H and O–H groups in total. The lowest BCUT2D eigenvalue weighted by molar-refractivity contribution is 0.0570. The molecule has 0 saturated heterocycles. The minimum atomic E-state index is -0.958. The summed E-state index contributed by atoms with van der Waals surface area (Å²) < 4.78 is 12.8. The molecule has 1 saturated carbocycles. The van der Waals surface area contributed by atoms with Gasteiger partial charge in [-0.25, -0.2) is 4.39 Å². The summed E-state index contributed by atoms with van der Waals surface area (Å²) in [6, 6.07) is 0. The molecule has 0 aromatic heterocycles. The third-order valence-corrected chi connectivity index (χ3v) is 2.15. The van der Waals surface area contributed by atoms with Gasteiger partial charge in [0.1, 0.15) is 6.17 Å². The molecule has 1 fully saturated rings. The van der Waals surface area contributed by atoms with Crippen molar-refractivity contribution in [1.82, 2.24) is 0 Å². The smallest absolute Gasteiger partial charge is 0.126 e. The normalized spacial score (nSPS) is 36.6. The largest absolute Gasteiger partial charge is 0.390 e. The second-order valence-corrected chi connectivity index (χ2v) is 3.07. The standard InChI is InChI=1S/C8H15FO/c9-7-5-3-1-2-4-6-8(7)10/h7-8,10H,1-6H2. The molecule has 0 aromatic carbocycles. The Balaban J connectivity index is 2.28. The van der Waals surface area contributed by atoms with Gasteiger partial charge >= 0.3 is 0 Å². The maximum atomic E-state index is 12.8. The molecule has 0 heterocycles. The second kappa shape index (κ2) is 3.91. The van der Waals surface area contributed by atoms with E-state index >= 15 is 0 Å². The van der Waals surface area contributed by atoms with E-state index in [-0.39, 0.29) is 0 Å². The zero-order valence-corrected chi connectivity index (χ0v) is 6.22. The highest BCUT2D eigenvalue weighted by Crippen LogP contribution is 2.19. The molecular weight excluding hydrogens is 131 g/mol. The Morgan fingerprint density at radius 3 is 2.30 bits per heavy atom. The van der Waals surface area contributed by atoms with Crippen molar-refractivity contribution in [1.29, 1.82) is 0 Å². The lowest BCUT2D eigenvalue weighted by atomic mass is 9.97. The summed E-state index contributed by atoms with van der Waals surface area (Å²) in [7, 11) is 0. The first-order chi connectivity index (χ1) is 4.80. The Kier molecular flexibility index (Phi) is 3.13. The topological polar surface area (TPSA) is 20.2 Å². The first-order valence-electron chi connectivity index (χ1n) is 4.13. The molecule has 0 amide bonds. The highest BCUT2D eigenvalue weighted by molar-refractivity contribution is 4.70. The van der Waals surface area contributed by atoms with Crippen molar-refractivity contribution in [3.63, 3.8) is 0 Å². The fourth-order valence-electron chi connectivity index (χ4n) is 1.42. The molecule has 0 spiro atoms. The van der Waals surface area contributed by atoms with Crippen LogP contribution in [0, 0.1) is 0 Å². The van der Waals surface area contributed by atoms with E-state index in [9.17, 15) is 4.39 Å². The average molecular weight is 146 g/mol. The highest BCUT2D eigenvalue weighted by atomic mass is 19.1. The van der Waals surface area contributed by atoms with Gasteiger partial charge in [-0.2, -0.15) is 0 Å². The second-order valence-electron chi connectivity index (χ2n) is 3.07. The molecule has 2 unspecified atom stereocenters. The van der Waals surface area contributed by atoms with Gasteiger partial charge in [0.2, 0.25) is 0 Å². The molecule has 60 valence electrons. The van der Waals surface area contributed by atoms with E-state index in [0.717, 1.165) is 25.7 Å². The van der Waals surface area contributed by atoms with Crippen LogP contribution in [-0.2, 0) is 0 Å². The minimum Gasteiger partial charge on any atom is -0.390 e. The maximum Gasteiger partial charge on any atom is 0.126 e. The predicted octanol–water partition coefficient (Wildman–Crippen LogP) is 2.04. The number of hydrogen-bond donors (Lipinski definition) is 1. The predicted molar refractivity (Wildman–Crippen MR) is 38.6 cm³/mol. The van der Waals surface area contributed by atoms with Crippen molar-refractivity contribution in [2.24, 2.45) is 0 Å². The zero-order chi connectivity index (χ0) is 7.40. The van der Waals surface area contributed by atoms with Crippen LogP contribution in [0.4, 0.5) is 4.39 Å². The van der Waals surface area contributed by atoms with E-state index in [1.165, 1.54) is 0 Å². The Morgan fingerprint density at radius 1 is 1.00 bits per heavy atom. The van der Waals surface area contributed by atoms with Gasteiger partial charge < -0.3 is 5.11 Å². The number of aliphatic hydroxyl groups is 1. The van der Waals surface area contributed by atoms with Crippen LogP contribution in [0.15, 0.2) is 0 Å². The minimum absolute atomic E-state index is 0.557. The fourth-order valence-corrected chi connectivity index (χ4v) is 1.42. The average Bonchev–Trinajstić information content (AvgIpc) is 1.92. The van der Waals surface area contributed by atoms with Crippen molar-refractivity contribution in [3.8, 4) is 0 Å². The van der Waals surface area contributed by atoms with E-state index in [1.54, 1.807) is 0 Å². The van der Waals surface area contributed by atoms with E-state index in [4.69, 9.17) is 5.11 Å². The molecule has 1 aliphatic carbocycles. The third-order valence-electron chi connectivity index (χ3n) is 2.15. The number of aliphatic hydroxyl groups excluding tert-OH is 1. The zero-order valence-electron chi connectivity index (χ0n) is 6.22. The van der Waals surface area contributed by atoms with Crippen molar-refractivity contribution < 1.29 is 9.50 Å². The van der Waals surface area contributed by atoms with Gasteiger partial charge in [0.25, 0.3) is 0 Å². The number of rotatable bonds is 0. The van der Waals surface area contributed by atoms with Gasteiger partial charge in [0.15, 0.2) is 0 Å². The first-order valence-corrected chi connectivity index (χ1v) is 4.13. The third kappa shape index (κ3) is 2.25. The van der Waals surface area contributed by atoms with Gasteiger partial charge in [-0.05, 0) is 12.8 Å². The molecule has 10 heavy (non-hydrogen) atoms. The summed E-state index contributed by atoms with van der Waals surface area (Å²) >= 11 is 0. The van der Waals surface area contributed by atoms with Crippen LogP contribution in [0.3, 0.4) is 0 Å². The van der Waals surface area contributed by atoms with E-state index in [0.29, 0.717) is 12.8 Å². The van der Waals surface area contributed by atoms with Gasteiger partial charge in [-0.1, -0.05) is 25.7 Å². The molecule has 1 nitrogen and oxygen atoms in total. The molecule has 2 heteroatoms. The SMILES string of the molecule is OC1CCCCCCC1F. The molecule has 0 radical (unpaired) electrons. The highest BCUT2D eigenvalue weighted by Gasteiger charge is 2.18. The van der Waals surface area contributed by atoms with Gasteiger partial charge in [-0.3, -0.25) is 0 Å². The van der Waals surface area contributed by atoms with Crippen LogP contribution in [0.2, 0.25) is 0 Å². The summed E-state index contributed by atoms with van der Waals surface area (Å²) in [5.41, 5.74) is 0. The van der Waals surface area contributed by atoms with Crippen LogP contribution in [-0.4, -0.2) is 17.4 Å². The molecule has 1 rings (SSSR count). The van der Waals surface area contributed by atoms with Crippen LogP contribution in [0.25, 0.3) is 0 Å². The summed E-state index contributed by atoms with van der Waals surface area (Å²) in [5.74, 6) is 0. The van der Waals surface area contributed by atoms with Crippen LogP contribution in [0.1, 0.15) is 38.5 Å². The van der Waals surface area contributed by atoms with Crippen LogP contribution < -0.4 is 0 Å². The Morgan fingerprint density at radius 2 is 1.60 bits per heavy atom. The van der Waals surface area contributed by atoms with E-state index in [1.807, 2.05) is 0 Å². The van der Waals surface area contributed by atoms with Crippen molar-refractivity contribution in [2.45, 2.75) is 50.8 Å². The fraction of sp³-hybridized carbons (Fsp3) is 1.00. The molecule has 0 aromatic rings. The van der Waals surface area contributed by atoms with E-state index in [2.05, 4.69) is 0 Å². The molecule has 0 aliphatic heterocycles. The molecule has 0 bridgehead atoms. The summed E-state index contributed by atoms with van der Waals surface area (Å²) in [4.78, 5) is 0. The summed E-state index contributed by atoms with van der Waals surface area (Å²) in [5, 5.41) is 9.11. The summed E-state index contributed by atoms with van der Waals surface area (Å²) in [6.07, 6.45) is 3.79. The van der Waals surface area contributed by atoms with Crippen LogP contribution in [0.5, 0.6) is 0 Å². The lowest BCUT2D eigenvalue weighted by Crippen LogP contribution is -2.22. The van der Waals surface area contributed by atoms with Crippen LogP contribution >= 0.6 is 0 Å². The lowest BCUT2D eigenvalue weighted by Gasteiger charge is -2.18. The quantitative estimate of drug-likeness (QED) is 0.554. The van der Waals surface area contributed by atoms with Gasteiger partial charge in [0.05, 0.1) is 6.10 Å². The number of alkyl halides is 1. The molecule has 1 aliphatic rings. The van der Waals surface area contributed by atoms with Gasteiger partial charge in [-0.15, -0.1) is 0 Å². The molecular formula is C8H15FO. The Labute approximate surface area is 61.2 Å². The van der Waals surface area contributed by atoms with E-state index < -0.39 is 12.3 Å². The Hall–Kier alpha value is -0.110. The first kappa shape index (κ1) is 7.99. The van der Waals surface area contributed by atoms with Gasteiger partial charge in [0, 0.05) is 0 Å². The summed E-state index contributed by atoms with van der Waals surface area (Å²) in [6.45, 7) is 0. The monoisotopic (exact) mass is 146 g/mol. The van der Waals surface area contributed by atoms with Crippen molar-refractivity contribution in [2.75, 3.05) is 0 Å².